The van der Waals surface area contributed by atoms with Crippen molar-refractivity contribution in [3.05, 3.63) is 11.9 Å². The van der Waals surface area contributed by atoms with Gasteiger partial charge in [0.2, 0.25) is 0 Å². The second-order valence-electron chi connectivity index (χ2n) is 5.33. The minimum atomic E-state index is -0.282. The van der Waals surface area contributed by atoms with Crippen LogP contribution in [-0.2, 0) is 9.47 Å². The molecule has 1 aromatic heterocycles. The second kappa shape index (κ2) is 6.34. The van der Waals surface area contributed by atoms with E-state index in [1.54, 1.807) is 7.11 Å². The molecule has 1 aliphatic rings. The van der Waals surface area contributed by atoms with Crippen LogP contribution < -0.4 is 16.6 Å². The molecule has 0 bridgehead atoms. The SMILES string of the molecule is COC1(CNc2ncnc(NN)c2C(C)C)CCOC1. The molecule has 1 fully saturated rings. The van der Waals surface area contributed by atoms with Crippen molar-refractivity contribution in [2.75, 3.05) is 37.6 Å². The maximum Gasteiger partial charge on any atom is 0.148 e. The van der Waals surface area contributed by atoms with E-state index >= 15 is 0 Å². The van der Waals surface area contributed by atoms with Crippen molar-refractivity contribution >= 4 is 11.6 Å². The van der Waals surface area contributed by atoms with Crippen LogP contribution in [0.5, 0.6) is 0 Å². The first-order valence-corrected chi connectivity index (χ1v) is 6.80. The molecule has 2 rings (SSSR count). The summed E-state index contributed by atoms with van der Waals surface area (Å²) in [6.45, 7) is 6.13. The Morgan fingerprint density at radius 3 is 2.75 bits per heavy atom. The van der Waals surface area contributed by atoms with Gasteiger partial charge in [-0.25, -0.2) is 15.8 Å². The van der Waals surface area contributed by atoms with Crippen LogP contribution >= 0.6 is 0 Å². The minimum absolute atomic E-state index is 0.253. The van der Waals surface area contributed by atoms with Crippen LogP contribution in [0.1, 0.15) is 31.7 Å². The molecule has 0 saturated carbocycles. The van der Waals surface area contributed by atoms with E-state index in [1.165, 1.54) is 6.33 Å². The lowest BCUT2D eigenvalue weighted by atomic mass is 10.0. The predicted molar refractivity (Wildman–Crippen MR) is 77.6 cm³/mol. The summed E-state index contributed by atoms with van der Waals surface area (Å²) in [5.74, 6) is 7.20. The molecule has 0 spiro atoms. The summed E-state index contributed by atoms with van der Waals surface area (Å²) < 4.78 is 11.0. The lowest BCUT2D eigenvalue weighted by Gasteiger charge is -2.27. The maximum absolute atomic E-state index is 5.61. The summed E-state index contributed by atoms with van der Waals surface area (Å²) in [5.41, 5.74) is 3.31. The van der Waals surface area contributed by atoms with Crippen LogP contribution in [0.3, 0.4) is 0 Å². The lowest BCUT2D eigenvalue weighted by molar-refractivity contribution is -0.00626. The van der Waals surface area contributed by atoms with E-state index < -0.39 is 0 Å². The van der Waals surface area contributed by atoms with Crippen LogP contribution in [0, 0.1) is 0 Å². The molecular formula is C13H23N5O2. The minimum Gasteiger partial charge on any atom is -0.378 e. The number of hydrazine groups is 1. The van der Waals surface area contributed by atoms with E-state index in [0.29, 0.717) is 19.0 Å². The number of hydrogen-bond donors (Lipinski definition) is 3. The van der Waals surface area contributed by atoms with E-state index in [2.05, 4.69) is 34.6 Å². The van der Waals surface area contributed by atoms with Gasteiger partial charge in [0, 0.05) is 32.2 Å². The highest BCUT2D eigenvalue weighted by Crippen LogP contribution is 2.29. The Labute approximate surface area is 119 Å². The highest BCUT2D eigenvalue weighted by Gasteiger charge is 2.35. The zero-order valence-electron chi connectivity index (χ0n) is 12.3. The highest BCUT2D eigenvalue weighted by atomic mass is 16.5. The summed E-state index contributed by atoms with van der Waals surface area (Å²) in [7, 11) is 1.71. The van der Waals surface area contributed by atoms with E-state index in [0.717, 1.165) is 24.4 Å². The van der Waals surface area contributed by atoms with Gasteiger partial charge in [-0.15, -0.1) is 0 Å². The fraction of sp³-hybridized carbons (Fsp3) is 0.692. The normalized spacial score (nSPS) is 22.2. The topological polar surface area (TPSA) is 94.3 Å². The number of ether oxygens (including phenoxy) is 2. The van der Waals surface area contributed by atoms with Gasteiger partial charge in [0.15, 0.2) is 0 Å². The van der Waals surface area contributed by atoms with E-state index in [-0.39, 0.29) is 11.5 Å². The third kappa shape index (κ3) is 3.00. The Morgan fingerprint density at radius 2 is 2.20 bits per heavy atom. The molecule has 1 atom stereocenters. The van der Waals surface area contributed by atoms with Crippen molar-refractivity contribution < 1.29 is 9.47 Å². The van der Waals surface area contributed by atoms with Gasteiger partial charge < -0.3 is 20.2 Å². The molecular weight excluding hydrogens is 258 g/mol. The Bertz CT molecular complexity index is 446. The van der Waals surface area contributed by atoms with Gasteiger partial charge in [-0.1, -0.05) is 13.8 Å². The van der Waals surface area contributed by atoms with E-state index in [1.807, 2.05) is 0 Å². The number of nitrogen functional groups attached to an aromatic ring is 1. The Balaban J connectivity index is 2.16. The van der Waals surface area contributed by atoms with E-state index in [9.17, 15) is 0 Å². The standard InChI is InChI=1S/C13H23N5O2/c1-9(2)10-11(16-8-17-12(10)18-14)15-6-13(19-3)4-5-20-7-13/h8-9H,4-7,14H2,1-3H3,(H2,15,16,17,18). The smallest absolute Gasteiger partial charge is 0.148 e. The number of rotatable bonds is 6. The van der Waals surface area contributed by atoms with Crippen molar-refractivity contribution in [1.29, 1.82) is 0 Å². The maximum atomic E-state index is 5.61. The summed E-state index contributed by atoms with van der Waals surface area (Å²) in [4.78, 5) is 8.47. The fourth-order valence-electron chi connectivity index (χ4n) is 2.40. The van der Waals surface area contributed by atoms with Crippen LogP contribution in [-0.4, -0.2) is 42.4 Å². The zero-order chi connectivity index (χ0) is 14.6. The first-order valence-electron chi connectivity index (χ1n) is 6.80. The summed E-state index contributed by atoms with van der Waals surface area (Å²) in [6.07, 6.45) is 2.37. The monoisotopic (exact) mass is 281 g/mol. The third-order valence-corrected chi connectivity index (χ3v) is 3.68. The van der Waals surface area contributed by atoms with Gasteiger partial charge in [-0.3, -0.25) is 0 Å². The molecule has 1 aliphatic heterocycles. The first kappa shape index (κ1) is 15.0. The number of nitrogens with zero attached hydrogens (tertiary/aromatic N) is 2. The van der Waals surface area contributed by atoms with Gasteiger partial charge in [0.05, 0.1) is 6.61 Å². The molecule has 20 heavy (non-hydrogen) atoms. The van der Waals surface area contributed by atoms with Gasteiger partial charge in [0.1, 0.15) is 23.6 Å². The summed E-state index contributed by atoms with van der Waals surface area (Å²) >= 11 is 0. The van der Waals surface area contributed by atoms with Gasteiger partial charge in [-0.05, 0) is 5.92 Å². The third-order valence-electron chi connectivity index (χ3n) is 3.68. The van der Waals surface area contributed by atoms with Gasteiger partial charge in [0.25, 0.3) is 0 Å². The number of aromatic nitrogens is 2. The molecule has 0 amide bonds. The van der Waals surface area contributed by atoms with Gasteiger partial charge in [-0.2, -0.15) is 0 Å². The number of methoxy groups -OCH3 is 1. The van der Waals surface area contributed by atoms with Crippen molar-refractivity contribution in [3.63, 3.8) is 0 Å². The molecule has 1 aromatic rings. The van der Waals surface area contributed by atoms with Crippen LogP contribution in [0.25, 0.3) is 0 Å². The number of nitrogens with two attached hydrogens (primary N) is 1. The zero-order valence-corrected chi connectivity index (χ0v) is 12.3. The Hall–Kier alpha value is -1.44. The summed E-state index contributed by atoms with van der Waals surface area (Å²) in [6, 6.07) is 0. The molecule has 0 radical (unpaired) electrons. The first-order chi connectivity index (χ1) is 9.62. The second-order valence-corrected chi connectivity index (χ2v) is 5.33. The van der Waals surface area contributed by atoms with Crippen LogP contribution in [0.15, 0.2) is 6.33 Å². The molecule has 4 N–H and O–H groups in total. The quantitative estimate of drug-likeness (QED) is 0.531. The van der Waals surface area contributed by atoms with Crippen LogP contribution in [0.2, 0.25) is 0 Å². The van der Waals surface area contributed by atoms with Gasteiger partial charge >= 0.3 is 0 Å². The Kier molecular flexibility index (Phi) is 4.74. The summed E-state index contributed by atoms with van der Waals surface area (Å²) in [5, 5.41) is 3.35. The average molecular weight is 281 g/mol. The predicted octanol–water partition coefficient (Wildman–Crippen LogP) is 1.10. The number of hydrogen-bond acceptors (Lipinski definition) is 7. The van der Waals surface area contributed by atoms with Crippen molar-refractivity contribution in [3.8, 4) is 0 Å². The van der Waals surface area contributed by atoms with Crippen molar-refractivity contribution in [1.82, 2.24) is 9.97 Å². The van der Waals surface area contributed by atoms with Crippen molar-refractivity contribution in [2.45, 2.75) is 31.8 Å². The largest absolute Gasteiger partial charge is 0.378 e. The van der Waals surface area contributed by atoms with Crippen molar-refractivity contribution in [2.24, 2.45) is 5.84 Å². The molecule has 112 valence electrons. The molecule has 7 heteroatoms. The lowest BCUT2D eigenvalue weighted by Crippen LogP contribution is -2.40. The fourth-order valence-corrected chi connectivity index (χ4v) is 2.40. The molecule has 2 heterocycles. The molecule has 0 aromatic carbocycles. The Morgan fingerprint density at radius 1 is 1.45 bits per heavy atom. The average Bonchev–Trinajstić information content (AvgIpc) is 2.93. The molecule has 0 aliphatic carbocycles. The molecule has 7 nitrogen and oxygen atoms in total. The molecule has 1 unspecified atom stereocenters. The molecule has 1 saturated heterocycles. The number of anilines is 2. The van der Waals surface area contributed by atoms with E-state index in [4.69, 9.17) is 15.3 Å². The van der Waals surface area contributed by atoms with Crippen LogP contribution in [0.4, 0.5) is 11.6 Å². The number of nitrogens with one attached hydrogen (secondary N) is 2. The highest BCUT2D eigenvalue weighted by molar-refractivity contribution is 5.58.